The Morgan fingerprint density at radius 2 is 1.82 bits per heavy atom. The standard InChI is InChI=1S/C12H23N3O2/c1-7(2)10(14)12(17)15-6-4-5-9(15)11(16)8(3)13/h7-10H,4-6,13-14H2,1-3H3. The number of hydrogen-bond donors (Lipinski definition) is 2. The minimum absolute atomic E-state index is 0.0631. The van der Waals surface area contributed by atoms with E-state index in [2.05, 4.69) is 0 Å². The summed E-state index contributed by atoms with van der Waals surface area (Å²) in [7, 11) is 0. The fourth-order valence-corrected chi connectivity index (χ4v) is 2.11. The maximum atomic E-state index is 12.1. The summed E-state index contributed by atoms with van der Waals surface area (Å²) >= 11 is 0. The van der Waals surface area contributed by atoms with Crippen LogP contribution in [0.4, 0.5) is 0 Å². The molecule has 1 rings (SSSR count). The van der Waals surface area contributed by atoms with Crippen molar-refractivity contribution >= 4 is 11.7 Å². The van der Waals surface area contributed by atoms with E-state index in [4.69, 9.17) is 11.5 Å². The summed E-state index contributed by atoms with van der Waals surface area (Å²) in [5, 5.41) is 0. The van der Waals surface area contributed by atoms with E-state index < -0.39 is 12.1 Å². The van der Waals surface area contributed by atoms with E-state index in [-0.39, 0.29) is 23.7 Å². The zero-order chi connectivity index (χ0) is 13.2. The normalized spacial score (nSPS) is 23.9. The lowest BCUT2D eigenvalue weighted by atomic mass is 10.0. The van der Waals surface area contributed by atoms with Gasteiger partial charge in [-0.05, 0) is 25.7 Å². The topological polar surface area (TPSA) is 89.4 Å². The Kier molecular flexibility index (Phi) is 4.65. The molecule has 17 heavy (non-hydrogen) atoms. The van der Waals surface area contributed by atoms with Crippen LogP contribution in [0.3, 0.4) is 0 Å². The molecule has 4 N–H and O–H groups in total. The van der Waals surface area contributed by atoms with Crippen LogP contribution in [0, 0.1) is 5.92 Å². The molecule has 0 aromatic carbocycles. The molecule has 0 spiro atoms. The lowest BCUT2D eigenvalue weighted by Gasteiger charge is -2.28. The predicted molar refractivity (Wildman–Crippen MR) is 66.2 cm³/mol. The van der Waals surface area contributed by atoms with Crippen molar-refractivity contribution in [3.63, 3.8) is 0 Å². The first kappa shape index (κ1) is 14.1. The van der Waals surface area contributed by atoms with Gasteiger partial charge in [0.25, 0.3) is 0 Å². The van der Waals surface area contributed by atoms with Crippen LogP contribution in [-0.4, -0.2) is 41.3 Å². The van der Waals surface area contributed by atoms with E-state index in [0.717, 1.165) is 6.42 Å². The fourth-order valence-electron chi connectivity index (χ4n) is 2.11. The van der Waals surface area contributed by atoms with E-state index in [1.807, 2.05) is 13.8 Å². The second-order valence-electron chi connectivity index (χ2n) is 5.15. The smallest absolute Gasteiger partial charge is 0.240 e. The van der Waals surface area contributed by atoms with Crippen LogP contribution in [0.5, 0.6) is 0 Å². The Morgan fingerprint density at radius 1 is 1.24 bits per heavy atom. The Bertz CT molecular complexity index is 302. The second kappa shape index (κ2) is 5.60. The van der Waals surface area contributed by atoms with E-state index in [1.165, 1.54) is 0 Å². The maximum absolute atomic E-state index is 12.1. The zero-order valence-electron chi connectivity index (χ0n) is 10.8. The monoisotopic (exact) mass is 241 g/mol. The van der Waals surface area contributed by atoms with Crippen LogP contribution in [0.1, 0.15) is 33.6 Å². The van der Waals surface area contributed by atoms with Crippen molar-refractivity contribution in [2.75, 3.05) is 6.54 Å². The number of hydrogen-bond acceptors (Lipinski definition) is 4. The third-order valence-corrected chi connectivity index (χ3v) is 3.32. The van der Waals surface area contributed by atoms with E-state index in [1.54, 1.807) is 11.8 Å². The predicted octanol–water partition coefficient (Wildman–Crippen LogP) is -0.123. The Labute approximate surface area is 103 Å². The van der Waals surface area contributed by atoms with Crippen molar-refractivity contribution < 1.29 is 9.59 Å². The number of likely N-dealkylation sites (tertiary alicyclic amines) is 1. The van der Waals surface area contributed by atoms with Gasteiger partial charge in [0, 0.05) is 6.54 Å². The van der Waals surface area contributed by atoms with Crippen LogP contribution in [0.25, 0.3) is 0 Å². The molecule has 1 fully saturated rings. The van der Waals surface area contributed by atoms with Gasteiger partial charge in [-0.3, -0.25) is 9.59 Å². The highest BCUT2D eigenvalue weighted by molar-refractivity contribution is 5.94. The number of carbonyl (C=O) groups excluding carboxylic acids is 2. The van der Waals surface area contributed by atoms with Crippen LogP contribution >= 0.6 is 0 Å². The van der Waals surface area contributed by atoms with E-state index in [9.17, 15) is 9.59 Å². The molecule has 1 aliphatic rings. The summed E-state index contributed by atoms with van der Waals surface area (Å²) in [4.78, 5) is 25.6. The summed E-state index contributed by atoms with van der Waals surface area (Å²) in [6.07, 6.45) is 1.55. The summed E-state index contributed by atoms with van der Waals surface area (Å²) in [6.45, 7) is 6.08. The van der Waals surface area contributed by atoms with Crippen molar-refractivity contribution in [1.29, 1.82) is 0 Å². The number of nitrogens with two attached hydrogens (primary N) is 2. The number of carbonyl (C=O) groups is 2. The van der Waals surface area contributed by atoms with Crippen molar-refractivity contribution in [2.24, 2.45) is 17.4 Å². The average Bonchev–Trinajstić information content (AvgIpc) is 2.74. The van der Waals surface area contributed by atoms with E-state index in [0.29, 0.717) is 13.0 Å². The van der Waals surface area contributed by atoms with Crippen LogP contribution in [-0.2, 0) is 9.59 Å². The molecular weight excluding hydrogens is 218 g/mol. The van der Waals surface area contributed by atoms with Crippen molar-refractivity contribution in [3.05, 3.63) is 0 Å². The van der Waals surface area contributed by atoms with Gasteiger partial charge in [-0.15, -0.1) is 0 Å². The van der Waals surface area contributed by atoms with Gasteiger partial charge in [-0.25, -0.2) is 0 Å². The van der Waals surface area contributed by atoms with Crippen molar-refractivity contribution in [3.8, 4) is 0 Å². The number of rotatable bonds is 4. The molecule has 98 valence electrons. The quantitative estimate of drug-likeness (QED) is 0.718. The summed E-state index contributed by atoms with van der Waals surface area (Å²) in [5.41, 5.74) is 11.4. The summed E-state index contributed by atoms with van der Waals surface area (Å²) in [6, 6.07) is -1.42. The van der Waals surface area contributed by atoms with Crippen LogP contribution < -0.4 is 11.5 Å². The van der Waals surface area contributed by atoms with Gasteiger partial charge >= 0.3 is 0 Å². The molecule has 0 aromatic heterocycles. The summed E-state index contributed by atoms with van der Waals surface area (Å²) < 4.78 is 0. The average molecular weight is 241 g/mol. The fraction of sp³-hybridized carbons (Fsp3) is 0.833. The Morgan fingerprint density at radius 3 is 2.29 bits per heavy atom. The molecule has 1 aliphatic heterocycles. The molecule has 0 saturated carbocycles. The molecule has 3 atom stereocenters. The Hall–Kier alpha value is -0.940. The zero-order valence-corrected chi connectivity index (χ0v) is 10.8. The van der Waals surface area contributed by atoms with Gasteiger partial charge in [0.05, 0.1) is 18.1 Å². The number of amides is 1. The minimum atomic E-state index is -0.531. The number of nitrogens with zero attached hydrogens (tertiary/aromatic N) is 1. The largest absolute Gasteiger partial charge is 0.331 e. The van der Waals surface area contributed by atoms with Crippen LogP contribution in [0.15, 0.2) is 0 Å². The van der Waals surface area contributed by atoms with Gasteiger partial charge in [0.15, 0.2) is 5.78 Å². The molecular formula is C12H23N3O2. The number of Topliss-reactive ketones (excluding diaryl/α,β-unsaturated/α-hetero) is 1. The van der Waals surface area contributed by atoms with Gasteiger partial charge in [0.1, 0.15) is 0 Å². The second-order valence-corrected chi connectivity index (χ2v) is 5.15. The molecule has 3 unspecified atom stereocenters. The summed E-state index contributed by atoms with van der Waals surface area (Å²) in [5.74, 6) is -0.113. The molecule has 5 heteroatoms. The van der Waals surface area contributed by atoms with Gasteiger partial charge < -0.3 is 16.4 Å². The Balaban J connectivity index is 2.76. The van der Waals surface area contributed by atoms with Crippen molar-refractivity contribution in [1.82, 2.24) is 4.90 Å². The molecule has 0 radical (unpaired) electrons. The first-order valence-electron chi connectivity index (χ1n) is 6.21. The highest BCUT2D eigenvalue weighted by Crippen LogP contribution is 2.20. The highest BCUT2D eigenvalue weighted by Gasteiger charge is 2.37. The molecule has 0 bridgehead atoms. The van der Waals surface area contributed by atoms with Crippen LogP contribution in [0.2, 0.25) is 0 Å². The first-order chi connectivity index (χ1) is 7.86. The lowest BCUT2D eigenvalue weighted by Crippen LogP contribution is -2.52. The van der Waals surface area contributed by atoms with Gasteiger partial charge in [-0.2, -0.15) is 0 Å². The first-order valence-corrected chi connectivity index (χ1v) is 6.21. The van der Waals surface area contributed by atoms with Gasteiger partial charge in [0.2, 0.25) is 5.91 Å². The maximum Gasteiger partial charge on any atom is 0.240 e. The third kappa shape index (κ3) is 3.04. The number of ketones is 1. The molecule has 5 nitrogen and oxygen atoms in total. The molecule has 0 aromatic rings. The lowest BCUT2D eigenvalue weighted by molar-refractivity contribution is -0.139. The van der Waals surface area contributed by atoms with Crippen molar-refractivity contribution in [2.45, 2.75) is 51.7 Å². The highest BCUT2D eigenvalue weighted by atomic mass is 16.2. The third-order valence-electron chi connectivity index (χ3n) is 3.32. The molecule has 0 aliphatic carbocycles. The van der Waals surface area contributed by atoms with E-state index >= 15 is 0 Å². The minimum Gasteiger partial charge on any atom is -0.331 e. The molecule has 1 amide bonds. The molecule has 1 saturated heterocycles. The van der Waals surface area contributed by atoms with Gasteiger partial charge in [-0.1, -0.05) is 13.8 Å². The molecule has 1 heterocycles. The SMILES string of the molecule is CC(N)C(=O)C1CCCN1C(=O)C(N)C(C)C.